The van der Waals surface area contributed by atoms with Crippen LogP contribution in [0.4, 0.5) is 17.6 Å². The highest BCUT2D eigenvalue weighted by atomic mass is 127. The van der Waals surface area contributed by atoms with E-state index in [2.05, 4.69) is 0 Å². The van der Waals surface area contributed by atoms with E-state index in [0.717, 1.165) is 24.3 Å². The highest BCUT2D eigenvalue weighted by Crippen LogP contribution is 2.18. The highest BCUT2D eigenvalue weighted by Gasteiger charge is 2.23. The number of rotatable bonds is 2. The third kappa shape index (κ3) is 3.32. The Morgan fingerprint density at radius 3 is 1.16 bits per heavy atom. The molecule has 0 saturated heterocycles. The maximum absolute atomic E-state index is 13.2. The fraction of sp³-hybridized carbons (Fsp3) is 0. The SMILES string of the molecule is Fc1cc([I+]c2cc(F)c(Cl)c(F)c2)cc(F)c1Cl. The van der Waals surface area contributed by atoms with Crippen molar-refractivity contribution in [2.75, 3.05) is 0 Å². The van der Waals surface area contributed by atoms with Gasteiger partial charge in [0.05, 0.1) is 0 Å². The van der Waals surface area contributed by atoms with Gasteiger partial charge < -0.3 is 0 Å². The zero-order valence-corrected chi connectivity index (χ0v) is 12.6. The summed E-state index contributed by atoms with van der Waals surface area (Å²) in [4.78, 5) is 0. The van der Waals surface area contributed by atoms with Crippen molar-refractivity contribution >= 4 is 23.2 Å². The second kappa shape index (κ2) is 5.85. The van der Waals surface area contributed by atoms with Gasteiger partial charge in [0.1, 0.15) is 33.3 Å². The molecule has 0 aliphatic carbocycles. The molecule has 0 saturated carbocycles. The van der Waals surface area contributed by atoms with Gasteiger partial charge in [-0.3, -0.25) is 0 Å². The van der Waals surface area contributed by atoms with Gasteiger partial charge in [-0.1, -0.05) is 23.2 Å². The lowest BCUT2D eigenvalue weighted by Gasteiger charge is -1.96. The van der Waals surface area contributed by atoms with Crippen LogP contribution in [0.5, 0.6) is 0 Å². The van der Waals surface area contributed by atoms with Crippen LogP contribution in [0.1, 0.15) is 0 Å². The Hall–Kier alpha value is -0.530. The van der Waals surface area contributed by atoms with Crippen molar-refractivity contribution in [3.8, 4) is 0 Å². The van der Waals surface area contributed by atoms with E-state index in [4.69, 9.17) is 23.2 Å². The van der Waals surface area contributed by atoms with Crippen molar-refractivity contribution < 1.29 is 38.8 Å². The first-order valence-electron chi connectivity index (χ1n) is 4.82. The van der Waals surface area contributed by atoms with Crippen molar-refractivity contribution in [2.45, 2.75) is 0 Å². The summed E-state index contributed by atoms with van der Waals surface area (Å²) in [5.41, 5.74) is 0. The molecule has 7 heteroatoms. The summed E-state index contributed by atoms with van der Waals surface area (Å²) < 4.78 is 53.6. The summed E-state index contributed by atoms with van der Waals surface area (Å²) in [6, 6.07) is 4.23. The molecule has 0 amide bonds. The van der Waals surface area contributed by atoms with E-state index in [1.165, 1.54) is 0 Å². The smallest absolute Gasteiger partial charge is 0.205 e. The van der Waals surface area contributed by atoms with Crippen molar-refractivity contribution in [1.29, 1.82) is 0 Å². The molecule has 0 aliphatic rings. The van der Waals surface area contributed by atoms with Crippen LogP contribution >= 0.6 is 23.2 Å². The molecule has 0 nitrogen and oxygen atoms in total. The number of halogens is 7. The molecule has 0 radical (unpaired) electrons. The van der Waals surface area contributed by atoms with Crippen LogP contribution in [0.15, 0.2) is 24.3 Å². The predicted octanol–water partition coefficient (Wildman–Crippen LogP) is 1.68. The summed E-state index contributed by atoms with van der Waals surface area (Å²) >= 11 is 9.56. The number of benzene rings is 2. The minimum absolute atomic E-state index is 0.319. The van der Waals surface area contributed by atoms with Gasteiger partial charge >= 0.3 is 21.2 Å². The van der Waals surface area contributed by atoms with Gasteiger partial charge in [-0.15, -0.1) is 0 Å². The third-order valence-electron chi connectivity index (χ3n) is 2.12. The lowest BCUT2D eigenvalue weighted by atomic mass is 10.3. The van der Waals surface area contributed by atoms with Crippen molar-refractivity contribution in [2.24, 2.45) is 0 Å². The first-order chi connectivity index (χ1) is 8.88. The lowest BCUT2D eigenvalue weighted by molar-refractivity contribution is -0.598. The van der Waals surface area contributed by atoms with E-state index in [1.54, 1.807) is 0 Å². The van der Waals surface area contributed by atoms with Crippen molar-refractivity contribution in [1.82, 2.24) is 0 Å². The van der Waals surface area contributed by atoms with E-state index in [-0.39, 0.29) is 0 Å². The number of hydrogen-bond donors (Lipinski definition) is 0. The Morgan fingerprint density at radius 1 is 0.632 bits per heavy atom. The minimum atomic E-state index is -1.14. The molecule has 0 bridgehead atoms. The van der Waals surface area contributed by atoms with Gasteiger partial charge in [0.25, 0.3) is 0 Å². The molecule has 0 N–H and O–H groups in total. The van der Waals surface area contributed by atoms with Gasteiger partial charge in [-0.05, 0) is 0 Å². The molecule has 2 aromatic rings. The third-order valence-corrected chi connectivity index (χ3v) is 5.33. The van der Waals surface area contributed by atoms with Crippen LogP contribution in [0.2, 0.25) is 10.0 Å². The summed E-state index contributed by atoms with van der Waals surface area (Å²) in [6.45, 7) is 0. The second-order valence-corrected chi connectivity index (χ2v) is 7.25. The molecule has 0 fully saturated rings. The van der Waals surface area contributed by atoms with Gasteiger partial charge in [-0.25, -0.2) is 17.6 Å². The molecule has 2 aromatic carbocycles. The Bertz CT molecular complexity index is 544. The normalized spacial score (nSPS) is 10.8. The molecule has 100 valence electrons. The van der Waals surface area contributed by atoms with Crippen LogP contribution in [0, 0.1) is 30.4 Å². The zero-order chi connectivity index (χ0) is 14.2. The van der Waals surface area contributed by atoms with E-state index in [1.807, 2.05) is 0 Å². The van der Waals surface area contributed by atoms with Gasteiger partial charge in [0, 0.05) is 24.3 Å². The van der Waals surface area contributed by atoms with E-state index in [9.17, 15) is 17.6 Å². The topological polar surface area (TPSA) is 0 Å². The summed E-state index contributed by atoms with van der Waals surface area (Å²) in [5.74, 6) is -3.59. The van der Waals surface area contributed by atoms with E-state index in [0.29, 0.717) is 7.14 Å². The molecule has 0 aliphatic heterocycles. The predicted molar refractivity (Wildman–Crippen MR) is 60.1 cm³/mol. The fourth-order valence-corrected chi connectivity index (χ4v) is 3.94. The number of hydrogen-bond acceptors (Lipinski definition) is 0. The van der Waals surface area contributed by atoms with Crippen LogP contribution in [0.3, 0.4) is 0 Å². The monoisotopic (exact) mass is 421 g/mol. The van der Waals surface area contributed by atoms with E-state index < -0.39 is 54.5 Å². The Balaban J connectivity index is 2.36. The lowest BCUT2D eigenvalue weighted by Crippen LogP contribution is -3.61. The summed E-state index contributed by atoms with van der Waals surface area (Å²) in [6.07, 6.45) is 0. The molecule has 0 unspecified atom stereocenters. The van der Waals surface area contributed by atoms with Gasteiger partial charge in [0.2, 0.25) is 0 Å². The molecule has 19 heavy (non-hydrogen) atoms. The Kier molecular flexibility index (Phi) is 4.58. The maximum atomic E-state index is 13.2. The molecule has 0 spiro atoms. The van der Waals surface area contributed by atoms with Crippen LogP contribution < -0.4 is 21.2 Å². The molecule has 0 aromatic heterocycles. The average molecular weight is 422 g/mol. The molecular formula is C12H4Cl2F4I+. The quantitative estimate of drug-likeness (QED) is 0.299. The molecule has 0 atom stereocenters. The van der Waals surface area contributed by atoms with Gasteiger partial charge in [0.15, 0.2) is 7.14 Å². The largest absolute Gasteiger partial charge is 0.358 e. The maximum Gasteiger partial charge on any atom is 0.358 e. The average Bonchev–Trinajstić information content (AvgIpc) is 2.33. The van der Waals surface area contributed by atoms with Crippen LogP contribution in [-0.2, 0) is 0 Å². The molecule has 0 heterocycles. The Morgan fingerprint density at radius 2 is 0.895 bits per heavy atom. The minimum Gasteiger partial charge on any atom is -0.205 e. The zero-order valence-electron chi connectivity index (χ0n) is 8.96. The van der Waals surface area contributed by atoms with Crippen LogP contribution in [0.25, 0.3) is 0 Å². The fourth-order valence-electron chi connectivity index (χ4n) is 1.28. The summed E-state index contributed by atoms with van der Waals surface area (Å²) in [7, 11) is 0. The molecule has 2 rings (SSSR count). The van der Waals surface area contributed by atoms with E-state index >= 15 is 0 Å². The van der Waals surface area contributed by atoms with Gasteiger partial charge in [-0.2, -0.15) is 0 Å². The van der Waals surface area contributed by atoms with Crippen molar-refractivity contribution in [3.05, 3.63) is 64.7 Å². The summed E-state index contributed by atoms with van der Waals surface area (Å²) in [5, 5.41) is -1.19. The highest BCUT2D eigenvalue weighted by molar-refractivity contribution is 6.31. The standard InChI is InChI=1S/C12H4Cl2F4I/c13-11-7(15)1-5(2-8(11)16)19-6-3-9(17)12(14)10(18)4-6/h1-4H/q+1. The first-order valence-corrected chi connectivity index (χ1v) is 7.73. The van der Waals surface area contributed by atoms with Crippen molar-refractivity contribution in [3.63, 3.8) is 0 Å². The first kappa shape index (κ1) is 14.9. The van der Waals surface area contributed by atoms with Crippen LogP contribution in [-0.4, -0.2) is 0 Å². The molecular weight excluding hydrogens is 418 g/mol. The second-order valence-electron chi connectivity index (χ2n) is 3.46. The Labute approximate surface area is 126 Å².